The molecule has 1 fully saturated rings. The summed E-state index contributed by atoms with van der Waals surface area (Å²) in [5.74, 6) is 0.194. The Morgan fingerprint density at radius 2 is 2.00 bits per heavy atom. The van der Waals surface area contributed by atoms with Crippen molar-refractivity contribution in [1.82, 2.24) is 14.3 Å². The van der Waals surface area contributed by atoms with Crippen LogP contribution in [0.3, 0.4) is 0 Å². The van der Waals surface area contributed by atoms with Crippen molar-refractivity contribution < 1.29 is 13.2 Å². The van der Waals surface area contributed by atoms with Gasteiger partial charge >= 0.3 is 10.2 Å². The summed E-state index contributed by atoms with van der Waals surface area (Å²) in [4.78, 5) is 7.79. The average Bonchev–Trinajstić information content (AvgIpc) is 2.33. The number of ether oxygens (including phenoxy) is 1. The van der Waals surface area contributed by atoms with Crippen molar-refractivity contribution in [2.24, 2.45) is 0 Å². The first-order valence-corrected chi connectivity index (χ1v) is 7.14. The summed E-state index contributed by atoms with van der Waals surface area (Å²) in [6, 6.07) is 0. The third kappa shape index (κ3) is 3.35. The molecule has 1 aliphatic heterocycles. The number of halogens is 1. The summed E-state index contributed by atoms with van der Waals surface area (Å²) < 4.78 is 33.2. The third-order valence-electron chi connectivity index (χ3n) is 2.16. The normalized spacial score (nSPS) is 17.9. The Morgan fingerprint density at radius 3 is 2.59 bits per heavy atom. The summed E-state index contributed by atoms with van der Waals surface area (Å²) in [5.41, 5.74) is 0. The highest BCUT2D eigenvalue weighted by atomic mass is 79.9. The first kappa shape index (κ1) is 12.7. The number of nitrogens with one attached hydrogen (secondary N) is 1. The molecule has 1 aliphatic rings. The molecule has 2 heterocycles. The third-order valence-corrected chi connectivity index (χ3v) is 4.09. The van der Waals surface area contributed by atoms with Crippen LogP contribution in [-0.4, -0.2) is 49.0 Å². The monoisotopic (exact) mass is 322 g/mol. The molecule has 0 aromatic carbocycles. The van der Waals surface area contributed by atoms with Gasteiger partial charge in [-0.2, -0.15) is 12.7 Å². The molecule has 1 saturated heterocycles. The molecule has 0 radical (unpaired) electrons. The van der Waals surface area contributed by atoms with E-state index in [0.717, 1.165) is 0 Å². The standard InChI is InChI=1S/C8H11BrN4O3S/c9-7-5-11-8(6-10-7)12-17(14,15)13-1-3-16-4-2-13/h5-6H,1-4H2,(H,11,12). The summed E-state index contributed by atoms with van der Waals surface area (Å²) in [6.45, 7) is 1.51. The molecule has 0 aliphatic carbocycles. The minimum atomic E-state index is -3.56. The lowest BCUT2D eigenvalue weighted by Gasteiger charge is -2.25. The SMILES string of the molecule is O=S(=O)(Nc1cnc(Br)cn1)N1CCOCC1. The lowest BCUT2D eigenvalue weighted by molar-refractivity contribution is 0.0733. The van der Waals surface area contributed by atoms with E-state index in [1.807, 2.05) is 0 Å². The van der Waals surface area contributed by atoms with Crippen molar-refractivity contribution in [3.05, 3.63) is 17.0 Å². The molecule has 9 heteroatoms. The van der Waals surface area contributed by atoms with Gasteiger partial charge in [0.25, 0.3) is 0 Å². The van der Waals surface area contributed by atoms with Crippen molar-refractivity contribution in [3.8, 4) is 0 Å². The summed E-state index contributed by atoms with van der Waals surface area (Å²) >= 11 is 3.12. The van der Waals surface area contributed by atoms with Crippen LogP contribution in [0, 0.1) is 0 Å². The highest BCUT2D eigenvalue weighted by Gasteiger charge is 2.24. The van der Waals surface area contributed by atoms with Gasteiger partial charge in [0.15, 0.2) is 5.82 Å². The van der Waals surface area contributed by atoms with E-state index in [4.69, 9.17) is 4.74 Å². The molecule has 1 aromatic heterocycles. The Bertz CT molecular complexity index is 472. The molecule has 0 unspecified atom stereocenters. The average molecular weight is 323 g/mol. The van der Waals surface area contributed by atoms with Gasteiger partial charge in [-0.1, -0.05) is 0 Å². The first-order chi connectivity index (χ1) is 8.08. The number of anilines is 1. The van der Waals surface area contributed by atoms with E-state index in [-0.39, 0.29) is 5.82 Å². The van der Waals surface area contributed by atoms with Gasteiger partial charge in [-0.25, -0.2) is 9.97 Å². The van der Waals surface area contributed by atoms with Crippen LogP contribution >= 0.6 is 15.9 Å². The van der Waals surface area contributed by atoms with Crippen LogP contribution < -0.4 is 4.72 Å². The molecule has 17 heavy (non-hydrogen) atoms. The smallest absolute Gasteiger partial charge is 0.303 e. The van der Waals surface area contributed by atoms with Gasteiger partial charge in [-0.3, -0.25) is 4.72 Å². The van der Waals surface area contributed by atoms with Crippen LogP contribution in [0.2, 0.25) is 0 Å². The van der Waals surface area contributed by atoms with E-state index < -0.39 is 10.2 Å². The Kier molecular flexibility index (Phi) is 3.92. The molecule has 7 nitrogen and oxygen atoms in total. The lowest BCUT2D eigenvalue weighted by atomic mass is 10.5. The van der Waals surface area contributed by atoms with Gasteiger partial charge in [0.1, 0.15) is 4.60 Å². The zero-order valence-corrected chi connectivity index (χ0v) is 11.2. The molecule has 0 spiro atoms. The van der Waals surface area contributed by atoms with Gasteiger partial charge in [0, 0.05) is 13.1 Å². The molecule has 1 aromatic rings. The predicted octanol–water partition coefficient (Wildman–Crippen LogP) is 0.228. The minimum absolute atomic E-state index is 0.194. The molecular weight excluding hydrogens is 312 g/mol. The predicted molar refractivity (Wildman–Crippen MR) is 64.7 cm³/mol. The number of rotatable bonds is 3. The Morgan fingerprint density at radius 1 is 1.29 bits per heavy atom. The maximum Gasteiger partial charge on any atom is 0.303 e. The van der Waals surface area contributed by atoms with Crippen LogP contribution in [-0.2, 0) is 14.9 Å². The van der Waals surface area contributed by atoms with Crippen LogP contribution in [0.4, 0.5) is 5.82 Å². The quantitative estimate of drug-likeness (QED) is 0.861. The van der Waals surface area contributed by atoms with Crippen molar-refractivity contribution >= 4 is 32.0 Å². The lowest BCUT2D eigenvalue weighted by Crippen LogP contribution is -2.43. The molecule has 2 rings (SSSR count). The van der Waals surface area contributed by atoms with Gasteiger partial charge in [0.05, 0.1) is 25.6 Å². The maximum absolute atomic E-state index is 11.9. The van der Waals surface area contributed by atoms with Crippen LogP contribution in [0.5, 0.6) is 0 Å². The van der Waals surface area contributed by atoms with Gasteiger partial charge < -0.3 is 4.74 Å². The van der Waals surface area contributed by atoms with E-state index in [1.165, 1.54) is 16.7 Å². The van der Waals surface area contributed by atoms with E-state index in [0.29, 0.717) is 30.9 Å². The molecule has 0 saturated carbocycles. The number of nitrogens with zero attached hydrogens (tertiary/aromatic N) is 3. The zero-order chi connectivity index (χ0) is 12.3. The number of hydrogen-bond donors (Lipinski definition) is 1. The summed E-state index contributed by atoms with van der Waals surface area (Å²) in [6.07, 6.45) is 2.78. The van der Waals surface area contributed by atoms with E-state index >= 15 is 0 Å². The highest BCUT2D eigenvalue weighted by Crippen LogP contribution is 2.11. The second-order valence-corrected chi connectivity index (χ2v) is 5.83. The van der Waals surface area contributed by atoms with E-state index in [2.05, 4.69) is 30.6 Å². The van der Waals surface area contributed by atoms with Crippen molar-refractivity contribution in [2.45, 2.75) is 0 Å². The highest BCUT2D eigenvalue weighted by molar-refractivity contribution is 9.10. The molecule has 1 N–H and O–H groups in total. The first-order valence-electron chi connectivity index (χ1n) is 4.91. The fourth-order valence-corrected chi connectivity index (χ4v) is 2.68. The van der Waals surface area contributed by atoms with Crippen molar-refractivity contribution in [2.75, 3.05) is 31.0 Å². The van der Waals surface area contributed by atoms with Crippen molar-refractivity contribution in [1.29, 1.82) is 0 Å². The molecule has 0 amide bonds. The Labute approximate surface area is 108 Å². The molecular formula is C8H11BrN4O3S. The molecule has 0 bridgehead atoms. The second kappa shape index (κ2) is 5.25. The zero-order valence-electron chi connectivity index (χ0n) is 8.84. The Hall–Kier alpha value is -0.770. The van der Waals surface area contributed by atoms with Gasteiger partial charge in [-0.15, -0.1) is 0 Å². The van der Waals surface area contributed by atoms with Gasteiger partial charge in [0.2, 0.25) is 0 Å². The largest absolute Gasteiger partial charge is 0.379 e. The number of hydrogen-bond acceptors (Lipinski definition) is 5. The van der Waals surface area contributed by atoms with Crippen LogP contribution in [0.15, 0.2) is 17.0 Å². The molecule has 94 valence electrons. The van der Waals surface area contributed by atoms with Gasteiger partial charge in [-0.05, 0) is 15.9 Å². The fraction of sp³-hybridized carbons (Fsp3) is 0.500. The topological polar surface area (TPSA) is 84.4 Å². The van der Waals surface area contributed by atoms with E-state index in [1.54, 1.807) is 0 Å². The number of morpholine rings is 1. The summed E-state index contributed by atoms with van der Waals surface area (Å²) in [5, 5.41) is 0. The minimum Gasteiger partial charge on any atom is -0.379 e. The second-order valence-electron chi connectivity index (χ2n) is 3.34. The van der Waals surface area contributed by atoms with Crippen LogP contribution in [0.25, 0.3) is 0 Å². The van der Waals surface area contributed by atoms with Crippen molar-refractivity contribution in [3.63, 3.8) is 0 Å². The Balaban J connectivity index is 2.08. The molecule has 0 atom stereocenters. The van der Waals surface area contributed by atoms with Crippen LogP contribution in [0.1, 0.15) is 0 Å². The fourth-order valence-electron chi connectivity index (χ4n) is 1.35. The van der Waals surface area contributed by atoms with E-state index in [9.17, 15) is 8.42 Å². The number of aromatic nitrogens is 2. The maximum atomic E-state index is 11.9. The summed E-state index contributed by atoms with van der Waals surface area (Å²) in [7, 11) is -3.56.